The summed E-state index contributed by atoms with van der Waals surface area (Å²) < 4.78 is 10.6. The van der Waals surface area contributed by atoms with Crippen molar-refractivity contribution in [3.63, 3.8) is 0 Å². The summed E-state index contributed by atoms with van der Waals surface area (Å²) in [5.74, 6) is 2.88. The summed E-state index contributed by atoms with van der Waals surface area (Å²) in [7, 11) is 3.28. The molecule has 0 atom stereocenters. The Labute approximate surface area is 166 Å². The maximum absolute atomic E-state index is 5.35. The van der Waals surface area contributed by atoms with Crippen LogP contribution < -0.4 is 20.1 Å². The van der Waals surface area contributed by atoms with Gasteiger partial charge in [0, 0.05) is 19.3 Å². The Morgan fingerprint density at radius 3 is 2.36 bits per heavy atom. The Morgan fingerprint density at radius 2 is 1.61 bits per heavy atom. The van der Waals surface area contributed by atoms with Gasteiger partial charge in [0.25, 0.3) is 0 Å². The molecule has 1 aromatic heterocycles. The third-order valence-corrected chi connectivity index (χ3v) is 4.39. The number of aromatic nitrogens is 2. The fourth-order valence-corrected chi connectivity index (χ4v) is 2.80. The van der Waals surface area contributed by atoms with E-state index in [9.17, 15) is 0 Å². The van der Waals surface area contributed by atoms with Crippen molar-refractivity contribution in [1.82, 2.24) is 9.97 Å². The first kappa shape index (κ1) is 19.5. The van der Waals surface area contributed by atoms with Gasteiger partial charge in [-0.2, -0.15) is 4.98 Å². The van der Waals surface area contributed by atoms with Gasteiger partial charge < -0.3 is 20.1 Å². The number of benzene rings is 2. The van der Waals surface area contributed by atoms with Crippen LogP contribution >= 0.6 is 0 Å². The topological polar surface area (TPSA) is 68.3 Å². The van der Waals surface area contributed by atoms with Gasteiger partial charge in [0.2, 0.25) is 5.95 Å². The second kappa shape index (κ2) is 9.60. The second-order valence-electron chi connectivity index (χ2n) is 6.47. The average molecular weight is 378 g/mol. The summed E-state index contributed by atoms with van der Waals surface area (Å²) in [6.07, 6.45) is 2.60. The van der Waals surface area contributed by atoms with Gasteiger partial charge in [-0.05, 0) is 42.7 Å². The molecule has 0 amide bonds. The molecule has 6 heteroatoms. The quantitative estimate of drug-likeness (QED) is 0.585. The van der Waals surface area contributed by atoms with Crippen molar-refractivity contribution >= 4 is 11.8 Å². The summed E-state index contributed by atoms with van der Waals surface area (Å²) >= 11 is 0. The number of nitrogens with zero attached hydrogens (tertiary/aromatic N) is 2. The van der Waals surface area contributed by atoms with Crippen molar-refractivity contribution in [2.45, 2.75) is 19.9 Å². The van der Waals surface area contributed by atoms with Crippen LogP contribution in [0, 0.1) is 6.92 Å². The smallest absolute Gasteiger partial charge is 0.224 e. The van der Waals surface area contributed by atoms with Gasteiger partial charge in [-0.1, -0.05) is 35.9 Å². The second-order valence-corrected chi connectivity index (χ2v) is 6.47. The van der Waals surface area contributed by atoms with Crippen LogP contribution in [0.3, 0.4) is 0 Å². The summed E-state index contributed by atoms with van der Waals surface area (Å²) in [5.41, 5.74) is 3.61. The van der Waals surface area contributed by atoms with Crippen molar-refractivity contribution < 1.29 is 9.47 Å². The minimum absolute atomic E-state index is 0.608. The first-order valence-electron chi connectivity index (χ1n) is 9.25. The van der Waals surface area contributed by atoms with Crippen LogP contribution in [-0.4, -0.2) is 30.7 Å². The first-order valence-corrected chi connectivity index (χ1v) is 9.25. The van der Waals surface area contributed by atoms with Crippen LogP contribution in [0.2, 0.25) is 0 Å². The highest BCUT2D eigenvalue weighted by Gasteiger charge is 2.05. The van der Waals surface area contributed by atoms with Crippen LogP contribution in [0.5, 0.6) is 11.5 Å². The molecule has 0 bridgehead atoms. The number of anilines is 2. The molecule has 0 aliphatic carbocycles. The Kier molecular flexibility index (Phi) is 6.68. The molecule has 1 heterocycles. The van der Waals surface area contributed by atoms with E-state index in [1.165, 1.54) is 11.1 Å². The van der Waals surface area contributed by atoms with Crippen LogP contribution in [0.1, 0.15) is 16.7 Å². The molecule has 0 spiro atoms. The van der Waals surface area contributed by atoms with Gasteiger partial charge in [-0.25, -0.2) is 4.98 Å². The van der Waals surface area contributed by atoms with Gasteiger partial charge in [-0.3, -0.25) is 0 Å². The SMILES string of the molecule is COc1ccc(CCNc2ccnc(NCc3ccc(C)cc3)n2)cc1OC. The zero-order valence-electron chi connectivity index (χ0n) is 16.5. The van der Waals surface area contributed by atoms with Crippen molar-refractivity contribution in [1.29, 1.82) is 0 Å². The van der Waals surface area contributed by atoms with E-state index < -0.39 is 0 Å². The predicted octanol–water partition coefficient (Wildman–Crippen LogP) is 4.07. The van der Waals surface area contributed by atoms with Crippen molar-refractivity contribution in [2.75, 3.05) is 31.4 Å². The van der Waals surface area contributed by atoms with Crippen LogP contribution in [-0.2, 0) is 13.0 Å². The van der Waals surface area contributed by atoms with Crippen LogP contribution in [0.25, 0.3) is 0 Å². The van der Waals surface area contributed by atoms with Gasteiger partial charge in [0.15, 0.2) is 11.5 Å². The molecule has 0 radical (unpaired) electrons. The molecule has 146 valence electrons. The van der Waals surface area contributed by atoms with E-state index in [0.29, 0.717) is 12.5 Å². The number of aryl methyl sites for hydroxylation is 1. The molecule has 0 saturated heterocycles. The molecule has 3 aromatic rings. The number of ether oxygens (including phenoxy) is 2. The lowest BCUT2D eigenvalue weighted by atomic mass is 10.1. The highest BCUT2D eigenvalue weighted by molar-refractivity contribution is 5.44. The van der Waals surface area contributed by atoms with Crippen molar-refractivity contribution in [3.05, 3.63) is 71.4 Å². The molecule has 0 aliphatic rings. The van der Waals surface area contributed by atoms with Crippen LogP contribution in [0.15, 0.2) is 54.7 Å². The fourth-order valence-electron chi connectivity index (χ4n) is 2.80. The zero-order chi connectivity index (χ0) is 19.8. The number of methoxy groups -OCH3 is 2. The monoisotopic (exact) mass is 378 g/mol. The number of rotatable bonds is 9. The third-order valence-electron chi connectivity index (χ3n) is 4.39. The minimum atomic E-state index is 0.608. The largest absolute Gasteiger partial charge is 0.493 e. The third kappa shape index (κ3) is 5.36. The standard InChI is InChI=1S/C22H26N4O2/c1-16-4-6-18(7-5-16)15-25-22-24-13-11-21(26-22)23-12-10-17-8-9-19(27-2)20(14-17)28-3/h4-9,11,13-14H,10,12,15H2,1-3H3,(H2,23,24,25,26). The summed E-state index contributed by atoms with van der Waals surface area (Å²) in [6.45, 7) is 3.52. The molecule has 3 rings (SSSR count). The highest BCUT2D eigenvalue weighted by Crippen LogP contribution is 2.27. The Bertz CT molecular complexity index is 897. The zero-order valence-corrected chi connectivity index (χ0v) is 16.5. The van der Waals surface area contributed by atoms with Crippen LogP contribution in [0.4, 0.5) is 11.8 Å². The van der Waals surface area contributed by atoms with Gasteiger partial charge in [0.1, 0.15) is 5.82 Å². The first-order chi connectivity index (χ1) is 13.7. The van der Waals surface area contributed by atoms with E-state index in [1.807, 2.05) is 24.3 Å². The summed E-state index contributed by atoms with van der Waals surface area (Å²) in [5, 5.41) is 6.61. The van der Waals surface area contributed by atoms with Crippen molar-refractivity contribution in [2.24, 2.45) is 0 Å². The molecule has 0 aliphatic heterocycles. The molecular weight excluding hydrogens is 352 g/mol. The van der Waals surface area contributed by atoms with E-state index in [2.05, 4.69) is 51.8 Å². The summed E-state index contributed by atoms with van der Waals surface area (Å²) in [6, 6.07) is 16.2. The molecule has 0 unspecified atom stereocenters. The maximum atomic E-state index is 5.35. The lowest BCUT2D eigenvalue weighted by Crippen LogP contribution is -2.09. The number of nitrogens with one attached hydrogen (secondary N) is 2. The molecule has 0 fully saturated rings. The van der Waals surface area contributed by atoms with Gasteiger partial charge in [-0.15, -0.1) is 0 Å². The van der Waals surface area contributed by atoms with Gasteiger partial charge in [0.05, 0.1) is 14.2 Å². The van der Waals surface area contributed by atoms with E-state index >= 15 is 0 Å². The minimum Gasteiger partial charge on any atom is -0.493 e. The molecule has 2 N–H and O–H groups in total. The lowest BCUT2D eigenvalue weighted by Gasteiger charge is -2.11. The highest BCUT2D eigenvalue weighted by atomic mass is 16.5. The summed E-state index contributed by atoms with van der Waals surface area (Å²) in [4.78, 5) is 8.81. The van der Waals surface area contributed by atoms with Gasteiger partial charge >= 0.3 is 0 Å². The Morgan fingerprint density at radius 1 is 0.857 bits per heavy atom. The molecule has 2 aromatic carbocycles. The Hall–Kier alpha value is -3.28. The van der Waals surface area contributed by atoms with Crippen molar-refractivity contribution in [3.8, 4) is 11.5 Å². The molecular formula is C22H26N4O2. The predicted molar refractivity (Wildman–Crippen MR) is 112 cm³/mol. The normalized spacial score (nSPS) is 10.4. The number of hydrogen-bond donors (Lipinski definition) is 2. The number of hydrogen-bond acceptors (Lipinski definition) is 6. The van der Waals surface area contributed by atoms with E-state index in [1.54, 1.807) is 20.4 Å². The Balaban J connectivity index is 1.52. The fraction of sp³-hybridized carbons (Fsp3) is 0.273. The van der Waals surface area contributed by atoms with E-state index in [4.69, 9.17) is 9.47 Å². The molecule has 0 saturated carbocycles. The van der Waals surface area contributed by atoms with E-state index in [0.717, 1.165) is 35.8 Å². The molecule has 6 nitrogen and oxygen atoms in total. The maximum Gasteiger partial charge on any atom is 0.224 e. The van der Waals surface area contributed by atoms with E-state index in [-0.39, 0.29) is 0 Å². The lowest BCUT2D eigenvalue weighted by molar-refractivity contribution is 0.354. The average Bonchev–Trinajstić information content (AvgIpc) is 2.73. The molecule has 28 heavy (non-hydrogen) atoms.